The molecule has 0 aliphatic rings. The van der Waals surface area contributed by atoms with E-state index in [4.69, 9.17) is 10.4 Å². The number of amides is 2. The van der Waals surface area contributed by atoms with Crippen LogP contribution in [-0.4, -0.2) is 35.5 Å². The van der Waals surface area contributed by atoms with Crippen molar-refractivity contribution in [2.24, 2.45) is 5.92 Å². The molecule has 0 fully saturated rings. The highest BCUT2D eigenvalue weighted by Gasteiger charge is 2.26. The molecule has 22 heavy (non-hydrogen) atoms. The lowest BCUT2D eigenvalue weighted by Gasteiger charge is -2.19. The Hall–Kier alpha value is -2.88. The van der Waals surface area contributed by atoms with E-state index in [1.165, 1.54) is 0 Å². The molecule has 116 valence electrons. The number of carboxylic acid groups (broad SMARTS) is 1. The number of nitrogens with zero attached hydrogens (tertiary/aromatic N) is 1. The van der Waals surface area contributed by atoms with Crippen LogP contribution in [0.25, 0.3) is 0 Å². The van der Waals surface area contributed by atoms with Crippen molar-refractivity contribution < 1.29 is 19.5 Å². The molecule has 0 aliphatic carbocycles. The first-order chi connectivity index (χ1) is 10.5. The molecule has 7 nitrogen and oxygen atoms in total. The smallest absolute Gasteiger partial charge is 0.326 e. The Morgan fingerprint density at radius 3 is 2.45 bits per heavy atom. The summed E-state index contributed by atoms with van der Waals surface area (Å²) >= 11 is 0. The number of benzene rings is 1. The van der Waals surface area contributed by atoms with Gasteiger partial charge in [0, 0.05) is 17.9 Å². The van der Waals surface area contributed by atoms with Gasteiger partial charge in [0.25, 0.3) is 5.91 Å². The summed E-state index contributed by atoms with van der Waals surface area (Å²) in [6.07, 6.45) is 0.00756. The highest BCUT2D eigenvalue weighted by Crippen LogP contribution is 2.07. The van der Waals surface area contributed by atoms with E-state index in [0.29, 0.717) is 5.56 Å². The van der Waals surface area contributed by atoms with Crippen LogP contribution in [0.1, 0.15) is 23.7 Å². The van der Waals surface area contributed by atoms with Crippen LogP contribution in [0.15, 0.2) is 30.3 Å². The second-order valence-electron chi connectivity index (χ2n) is 4.77. The zero-order valence-corrected chi connectivity index (χ0v) is 12.1. The summed E-state index contributed by atoms with van der Waals surface area (Å²) in [5, 5.41) is 22.4. The fraction of sp³-hybridized carbons (Fsp3) is 0.333. The van der Waals surface area contributed by atoms with Gasteiger partial charge in [-0.25, -0.2) is 4.79 Å². The molecule has 0 saturated heterocycles. The summed E-state index contributed by atoms with van der Waals surface area (Å²) in [5.41, 5.74) is 0.405. The highest BCUT2D eigenvalue weighted by atomic mass is 16.4. The van der Waals surface area contributed by atoms with E-state index in [-0.39, 0.29) is 13.0 Å². The van der Waals surface area contributed by atoms with Gasteiger partial charge in [0.15, 0.2) is 0 Å². The third-order valence-electron chi connectivity index (χ3n) is 3.01. The number of nitriles is 1. The van der Waals surface area contributed by atoms with Crippen molar-refractivity contribution >= 4 is 17.8 Å². The number of hydrogen-bond acceptors (Lipinski definition) is 4. The van der Waals surface area contributed by atoms with Crippen molar-refractivity contribution in [3.05, 3.63) is 35.9 Å². The molecule has 1 aromatic carbocycles. The maximum Gasteiger partial charge on any atom is 0.326 e. The molecule has 7 heteroatoms. The summed E-state index contributed by atoms with van der Waals surface area (Å²) in [5.74, 6) is -2.80. The average molecular weight is 303 g/mol. The van der Waals surface area contributed by atoms with Gasteiger partial charge < -0.3 is 15.7 Å². The molecule has 2 amide bonds. The highest BCUT2D eigenvalue weighted by molar-refractivity contribution is 5.96. The number of carbonyl (C=O) groups excluding carboxylic acids is 2. The van der Waals surface area contributed by atoms with Gasteiger partial charge in [0.2, 0.25) is 5.91 Å². The molecule has 1 aromatic rings. The predicted molar refractivity (Wildman–Crippen MR) is 77.7 cm³/mol. The van der Waals surface area contributed by atoms with Crippen LogP contribution >= 0.6 is 0 Å². The van der Waals surface area contributed by atoms with Gasteiger partial charge in [0.05, 0.1) is 12.6 Å². The van der Waals surface area contributed by atoms with Crippen LogP contribution in [-0.2, 0) is 9.59 Å². The molecule has 3 N–H and O–H groups in total. The van der Waals surface area contributed by atoms with Crippen molar-refractivity contribution in [2.45, 2.75) is 19.4 Å². The minimum atomic E-state index is -1.22. The summed E-state index contributed by atoms with van der Waals surface area (Å²) < 4.78 is 0. The number of rotatable bonds is 7. The van der Waals surface area contributed by atoms with E-state index in [9.17, 15) is 14.4 Å². The quantitative estimate of drug-likeness (QED) is 0.679. The largest absolute Gasteiger partial charge is 0.480 e. The molecule has 0 aliphatic heterocycles. The SMILES string of the molecule is C[C@@H](CC#N)[C@@H](NC(=O)CNC(=O)c1ccccc1)C(=O)O. The summed E-state index contributed by atoms with van der Waals surface area (Å²) in [6, 6.07) is 9.04. The number of carboxylic acids is 1. The third kappa shape index (κ3) is 5.25. The van der Waals surface area contributed by atoms with Crippen LogP contribution < -0.4 is 10.6 Å². The number of hydrogen-bond donors (Lipinski definition) is 3. The number of carbonyl (C=O) groups is 3. The second kappa shape index (κ2) is 8.42. The lowest BCUT2D eigenvalue weighted by atomic mass is 9.99. The van der Waals surface area contributed by atoms with Crippen molar-refractivity contribution in [3.8, 4) is 6.07 Å². The number of nitrogens with one attached hydrogen (secondary N) is 2. The van der Waals surface area contributed by atoms with Gasteiger partial charge in [-0.3, -0.25) is 9.59 Å². The zero-order valence-electron chi connectivity index (χ0n) is 12.1. The molecule has 0 unspecified atom stereocenters. The Kier molecular flexibility index (Phi) is 6.57. The van der Waals surface area contributed by atoms with Crippen LogP contribution in [0.4, 0.5) is 0 Å². The second-order valence-corrected chi connectivity index (χ2v) is 4.77. The third-order valence-corrected chi connectivity index (χ3v) is 3.01. The fourth-order valence-corrected chi connectivity index (χ4v) is 1.79. The van der Waals surface area contributed by atoms with Gasteiger partial charge in [-0.2, -0.15) is 5.26 Å². The normalized spacial score (nSPS) is 12.5. The lowest BCUT2D eigenvalue weighted by Crippen LogP contribution is -2.48. The molecule has 0 saturated carbocycles. The van der Waals surface area contributed by atoms with Crippen molar-refractivity contribution in [1.82, 2.24) is 10.6 Å². The molecule has 0 radical (unpaired) electrons. The summed E-state index contributed by atoms with van der Waals surface area (Å²) in [6.45, 7) is 1.22. The van der Waals surface area contributed by atoms with Crippen LogP contribution in [0, 0.1) is 17.2 Å². The average Bonchev–Trinajstić information content (AvgIpc) is 2.51. The Balaban J connectivity index is 2.53. The maximum absolute atomic E-state index is 11.8. The van der Waals surface area contributed by atoms with Crippen LogP contribution in [0.3, 0.4) is 0 Å². The van der Waals surface area contributed by atoms with E-state index in [0.717, 1.165) is 0 Å². The van der Waals surface area contributed by atoms with E-state index < -0.39 is 29.7 Å². The molecule has 1 rings (SSSR count). The summed E-state index contributed by atoms with van der Waals surface area (Å²) in [4.78, 5) is 34.6. The molecule has 0 heterocycles. The molecular formula is C15H17N3O4. The zero-order chi connectivity index (χ0) is 16.5. The molecule has 0 aromatic heterocycles. The van der Waals surface area contributed by atoms with Crippen molar-refractivity contribution in [2.75, 3.05) is 6.54 Å². The molecule has 2 atom stereocenters. The Morgan fingerprint density at radius 1 is 1.27 bits per heavy atom. The molecule has 0 spiro atoms. The van der Waals surface area contributed by atoms with Gasteiger partial charge in [-0.1, -0.05) is 25.1 Å². The van der Waals surface area contributed by atoms with E-state index in [1.807, 2.05) is 6.07 Å². The lowest BCUT2D eigenvalue weighted by molar-refractivity contribution is -0.143. The first-order valence-electron chi connectivity index (χ1n) is 6.68. The first kappa shape index (κ1) is 17.2. The van der Waals surface area contributed by atoms with Crippen LogP contribution in [0.5, 0.6) is 0 Å². The monoisotopic (exact) mass is 303 g/mol. The molecule has 0 bridgehead atoms. The Bertz CT molecular complexity index is 580. The van der Waals surface area contributed by atoms with Gasteiger partial charge in [-0.15, -0.1) is 0 Å². The molecular weight excluding hydrogens is 286 g/mol. The minimum Gasteiger partial charge on any atom is -0.480 e. The standard InChI is InChI=1S/C15H17N3O4/c1-10(7-8-16)13(15(21)22)18-12(19)9-17-14(20)11-5-3-2-4-6-11/h2-6,10,13H,7,9H2,1H3,(H,17,20)(H,18,19)(H,21,22)/t10-,13+/m0/s1. The van der Waals surface area contributed by atoms with Crippen molar-refractivity contribution in [3.63, 3.8) is 0 Å². The fourth-order valence-electron chi connectivity index (χ4n) is 1.79. The van der Waals surface area contributed by atoms with Gasteiger partial charge in [0.1, 0.15) is 6.04 Å². The first-order valence-corrected chi connectivity index (χ1v) is 6.68. The van der Waals surface area contributed by atoms with Crippen molar-refractivity contribution in [1.29, 1.82) is 5.26 Å². The van der Waals surface area contributed by atoms with Crippen LogP contribution in [0.2, 0.25) is 0 Å². The van der Waals surface area contributed by atoms with Gasteiger partial charge >= 0.3 is 5.97 Å². The van der Waals surface area contributed by atoms with Gasteiger partial charge in [-0.05, 0) is 12.1 Å². The minimum absolute atomic E-state index is 0.00756. The van der Waals surface area contributed by atoms with E-state index in [1.54, 1.807) is 37.3 Å². The van der Waals surface area contributed by atoms with E-state index in [2.05, 4.69) is 10.6 Å². The Labute approximate surface area is 127 Å². The maximum atomic E-state index is 11.8. The van der Waals surface area contributed by atoms with E-state index >= 15 is 0 Å². The Morgan fingerprint density at radius 2 is 1.91 bits per heavy atom. The number of aliphatic carboxylic acids is 1. The predicted octanol–water partition coefficient (Wildman–Crippen LogP) is 0.536. The summed E-state index contributed by atoms with van der Waals surface area (Å²) in [7, 11) is 0. The topological polar surface area (TPSA) is 119 Å².